The summed E-state index contributed by atoms with van der Waals surface area (Å²) in [5.41, 5.74) is 1.34. The maximum Gasteiger partial charge on any atom is 0.101 e. The first-order chi connectivity index (χ1) is 6.66. The number of alkyl halides is 1. The molecule has 1 heterocycles. The molecular formula is C12H18FN. The Hall–Kier alpha value is -0.660. The fourth-order valence-corrected chi connectivity index (χ4v) is 2.60. The van der Waals surface area contributed by atoms with Crippen molar-refractivity contribution in [2.45, 2.75) is 45.3 Å². The number of hydrogen-bond donors (Lipinski definition) is 0. The predicted molar refractivity (Wildman–Crippen MR) is 57.4 cm³/mol. The van der Waals surface area contributed by atoms with Gasteiger partial charge in [0.1, 0.15) is 6.17 Å². The van der Waals surface area contributed by atoms with Crippen LogP contribution >= 0.6 is 0 Å². The van der Waals surface area contributed by atoms with Crippen molar-refractivity contribution in [2.24, 2.45) is 16.8 Å². The van der Waals surface area contributed by atoms with Gasteiger partial charge in [-0.25, -0.2) is 4.39 Å². The molecule has 1 nitrogen and oxygen atoms in total. The van der Waals surface area contributed by atoms with E-state index in [4.69, 9.17) is 0 Å². The van der Waals surface area contributed by atoms with E-state index in [1.165, 1.54) is 5.57 Å². The van der Waals surface area contributed by atoms with Crippen LogP contribution in [0.4, 0.5) is 4.39 Å². The van der Waals surface area contributed by atoms with Crippen LogP contribution in [0, 0.1) is 11.8 Å². The number of aliphatic imine (C=N–C) groups is 1. The second-order valence-electron chi connectivity index (χ2n) is 4.65. The summed E-state index contributed by atoms with van der Waals surface area (Å²) >= 11 is 0. The molecule has 0 aromatic carbocycles. The van der Waals surface area contributed by atoms with Crippen molar-refractivity contribution in [3.63, 3.8) is 0 Å². The van der Waals surface area contributed by atoms with Crippen LogP contribution < -0.4 is 0 Å². The van der Waals surface area contributed by atoms with E-state index in [-0.39, 0.29) is 0 Å². The van der Waals surface area contributed by atoms with Gasteiger partial charge in [0.15, 0.2) is 0 Å². The topological polar surface area (TPSA) is 12.4 Å². The molecule has 0 aromatic heterocycles. The quantitative estimate of drug-likeness (QED) is 0.526. The van der Waals surface area contributed by atoms with Gasteiger partial charge >= 0.3 is 0 Å². The van der Waals surface area contributed by atoms with E-state index in [1.54, 1.807) is 0 Å². The van der Waals surface area contributed by atoms with Gasteiger partial charge in [-0.05, 0) is 26.2 Å². The molecule has 0 spiro atoms. The van der Waals surface area contributed by atoms with E-state index in [9.17, 15) is 4.39 Å². The van der Waals surface area contributed by atoms with Crippen LogP contribution in [0.1, 0.15) is 33.1 Å². The molecule has 1 aliphatic carbocycles. The van der Waals surface area contributed by atoms with Crippen molar-refractivity contribution in [1.29, 1.82) is 0 Å². The number of rotatable bonds is 0. The lowest BCUT2D eigenvalue weighted by molar-refractivity contribution is 0.197. The first-order valence-electron chi connectivity index (χ1n) is 5.52. The van der Waals surface area contributed by atoms with Crippen LogP contribution in [0.2, 0.25) is 0 Å². The fraction of sp³-hybridized carbons (Fsp3) is 0.750. The molecule has 14 heavy (non-hydrogen) atoms. The third-order valence-electron chi connectivity index (χ3n) is 3.37. The molecule has 0 amide bonds. The molecule has 2 heteroatoms. The average Bonchev–Trinajstić information content (AvgIpc) is 2.27. The summed E-state index contributed by atoms with van der Waals surface area (Å²) in [6, 6.07) is 0.350. The number of allylic oxidation sites excluding steroid dienone is 1. The minimum Gasteiger partial charge on any atom is -0.293 e. The molecule has 1 aliphatic heterocycles. The molecule has 78 valence electrons. The molecule has 0 saturated heterocycles. The van der Waals surface area contributed by atoms with Gasteiger partial charge < -0.3 is 0 Å². The Morgan fingerprint density at radius 3 is 3.00 bits per heavy atom. The Morgan fingerprint density at radius 1 is 1.43 bits per heavy atom. The largest absolute Gasteiger partial charge is 0.293 e. The Bertz CT molecular complexity index is 269. The van der Waals surface area contributed by atoms with E-state index in [1.807, 2.05) is 6.21 Å². The first-order valence-corrected chi connectivity index (χ1v) is 5.52. The SMILES string of the molecule is CC1=C[C@@H](C)C=NC2CCC(F)C[C@H]12. The molecule has 2 aliphatic rings. The smallest absolute Gasteiger partial charge is 0.101 e. The summed E-state index contributed by atoms with van der Waals surface area (Å²) < 4.78 is 13.3. The van der Waals surface area contributed by atoms with Crippen molar-refractivity contribution >= 4 is 6.21 Å². The van der Waals surface area contributed by atoms with E-state index in [0.717, 1.165) is 6.42 Å². The third-order valence-corrected chi connectivity index (χ3v) is 3.37. The molecule has 4 atom stereocenters. The minimum absolute atomic E-state index is 0.350. The van der Waals surface area contributed by atoms with E-state index < -0.39 is 6.17 Å². The molecule has 1 fully saturated rings. The van der Waals surface area contributed by atoms with Crippen LogP contribution in [0.25, 0.3) is 0 Å². The lowest BCUT2D eigenvalue weighted by Crippen LogP contribution is -2.29. The average molecular weight is 195 g/mol. The van der Waals surface area contributed by atoms with Crippen molar-refractivity contribution in [3.8, 4) is 0 Å². The molecule has 0 N–H and O–H groups in total. The highest BCUT2D eigenvalue weighted by atomic mass is 19.1. The Kier molecular flexibility index (Phi) is 2.71. The van der Waals surface area contributed by atoms with E-state index in [2.05, 4.69) is 24.9 Å². The van der Waals surface area contributed by atoms with Gasteiger partial charge in [0.2, 0.25) is 0 Å². The second-order valence-corrected chi connectivity index (χ2v) is 4.65. The molecule has 0 radical (unpaired) electrons. The van der Waals surface area contributed by atoms with Crippen molar-refractivity contribution in [3.05, 3.63) is 11.6 Å². The standard InChI is InChI=1S/C12H18FN/c1-8-5-9(2)11-6-10(13)3-4-12(11)14-7-8/h5,7-8,10-12H,3-4,6H2,1-2H3/t8-,10?,11-,12?/m1/s1. The predicted octanol–water partition coefficient (Wildman–Crippen LogP) is 3.16. The second kappa shape index (κ2) is 3.84. The fourth-order valence-electron chi connectivity index (χ4n) is 2.60. The van der Waals surface area contributed by atoms with Crippen molar-refractivity contribution in [1.82, 2.24) is 0 Å². The highest BCUT2D eigenvalue weighted by molar-refractivity contribution is 5.64. The molecule has 1 saturated carbocycles. The molecule has 0 aromatic rings. The van der Waals surface area contributed by atoms with Gasteiger partial charge in [-0.3, -0.25) is 4.99 Å². The monoisotopic (exact) mass is 195 g/mol. The van der Waals surface area contributed by atoms with Gasteiger partial charge in [0.05, 0.1) is 6.04 Å². The zero-order valence-electron chi connectivity index (χ0n) is 8.91. The summed E-state index contributed by atoms with van der Waals surface area (Å²) in [5, 5.41) is 0. The zero-order valence-corrected chi connectivity index (χ0v) is 8.91. The van der Waals surface area contributed by atoms with Crippen LogP contribution in [0.3, 0.4) is 0 Å². The van der Waals surface area contributed by atoms with Gasteiger partial charge in [-0.1, -0.05) is 18.6 Å². The number of halogens is 1. The van der Waals surface area contributed by atoms with E-state index in [0.29, 0.717) is 30.7 Å². The zero-order chi connectivity index (χ0) is 10.1. The van der Waals surface area contributed by atoms with Crippen LogP contribution in [0.5, 0.6) is 0 Å². The minimum atomic E-state index is -0.608. The van der Waals surface area contributed by atoms with Gasteiger partial charge in [-0.15, -0.1) is 0 Å². The first kappa shape index (κ1) is 9.88. The Morgan fingerprint density at radius 2 is 2.21 bits per heavy atom. The third kappa shape index (κ3) is 1.89. The summed E-state index contributed by atoms with van der Waals surface area (Å²) in [6.45, 7) is 4.26. The van der Waals surface area contributed by atoms with Crippen LogP contribution in [-0.2, 0) is 0 Å². The molecule has 0 bridgehead atoms. The lowest BCUT2D eigenvalue weighted by atomic mass is 9.79. The van der Waals surface area contributed by atoms with Crippen LogP contribution in [-0.4, -0.2) is 18.4 Å². The maximum atomic E-state index is 13.3. The van der Waals surface area contributed by atoms with Crippen molar-refractivity contribution in [2.75, 3.05) is 0 Å². The number of hydrogen-bond acceptors (Lipinski definition) is 1. The number of fused-ring (bicyclic) bond motifs is 1. The van der Waals surface area contributed by atoms with Crippen LogP contribution in [0.15, 0.2) is 16.6 Å². The molecular weight excluding hydrogens is 177 g/mol. The molecule has 2 unspecified atom stereocenters. The summed E-state index contributed by atoms with van der Waals surface area (Å²) in [5.74, 6) is 0.776. The van der Waals surface area contributed by atoms with Crippen molar-refractivity contribution < 1.29 is 4.39 Å². The highest BCUT2D eigenvalue weighted by Gasteiger charge is 2.32. The summed E-state index contributed by atoms with van der Waals surface area (Å²) in [7, 11) is 0. The van der Waals surface area contributed by atoms with Gasteiger partial charge in [0.25, 0.3) is 0 Å². The normalized spacial score (nSPS) is 42.6. The molecule has 2 rings (SSSR count). The van der Waals surface area contributed by atoms with Gasteiger partial charge in [-0.2, -0.15) is 0 Å². The lowest BCUT2D eigenvalue weighted by Gasteiger charge is -2.30. The Balaban J connectivity index is 2.21. The number of nitrogens with zero attached hydrogens (tertiary/aromatic N) is 1. The van der Waals surface area contributed by atoms with Gasteiger partial charge in [0, 0.05) is 18.1 Å². The highest BCUT2D eigenvalue weighted by Crippen LogP contribution is 2.35. The van der Waals surface area contributed by atoms with E-state index >= 15 is 0 Å². The Labute approximate surface area is 85.1 Å². The maximum absolute atomic E-state index is 13.3. The summed E-state index contributed by atoms with van der Waals surface area (Å²) in [6.07, 6.45) is 5.93. The summed E-state index contributed by atoms with van der Waals surface area (Å²) in [4.78, 5) is 4.57.